The highest BCUT2D eigenvalue weighted by Crippen LogP contribution is 2.32. The van der Waals surface area contributed by atoms with Gasteiger partial charge in [0.25, 0.3) is 5.69 Å². The van der Waals surface area contributed by atoms with E-state index in [2.05, 4.69) is 5.32 Å². The number of benzene rings is 1. The third-order valence-corrected chi connectivity index (χ3v) is 4.01. The van der Waals surface area contributed by atoms with Crippen LogP contribution in [0, 0.1) is 17.0 Å². The minimum atomic E-state index is -0.440. The van der Waals surface area contributed by atoms with E-state index < -0.39 is 4.92 Å². The SMILES string of the molecule is Cc1cc([N+](=O)[O-])c(Cl)cc1NC1CCCCCC1. The molecule has 0 aliphatic heterocycles. The first-order valence-corrected chi connectivity index (χ1v) is 7.17. The maximum Gasteiger partial charge on any atom is 0.288 e. The second-order valence-corrected chi connectivity index (χ2v) is 5.62. The highest BCUT2D eigenvalue weighted by Gasteiger charge is 2.17. The van der Waals surface area contributed by atoms with Crippen LogP contribution in [0.4, 0.5) is 11.4 Å². The molecule has 0 aromatic heterocycles. The fourth-order valence-electron chi connectivity index (χ4n) is 2.61. The van der Waals surface area contributed by atoms with Crippen molar-refractivity contribution in [1.82, 2.24) is 0 Å². The van der Waals surface area contributed by atoms with Gasteiger partial charge in [0.05, 0.1) is 4.92 Å². The van der Waals surface area contributed by atoms with Crippen LogP contribution in [-0.2, 0) is 0 Å². The summed E-state index contributed by atoms with van der Waals surface area (Å²) >= 11 is 5.96. The van der Waals surface area contributed by atoms with Crippen LogP contribution in [0.5, 0.6) is 0 Å². The van der Waals surface area contributed by atoms with Gasteiger partial charge in [0, 0.05) is 17.8 Å². The molecular formula is C14H19ClN2O2. The number of nitro benzene ring substituents is 1. The lowest BCUT2D eigenvalue weighted by atomic mass is 10.1. The quantitative estimate of drug-likeness (QED) is 0.497. The smallest absolute Gasteiger partial charge is 0.288 e. The Morgan fingerprint density at radius 3 is 2.47 bits per heavy atom. The largest absolute Gasteiger partial charge is 0.382 e. The molecule has 1 N–H and O–H groups in total. The Kier molecular flexibility index (Phi) is 4.64. The van der Waals surface area contributed by atoms with Gasteiger partial charge in [-0.3, -0.25) is 10.1 Å². The molecule has 0 bridgehead atoms. The van der Waals surface area contributed by atoms with Crippen LogP contribution in [0.2, 0.25) is 5.02 Å². The van der Waals surface area contributed by atoms with Crippen LogP contribution in [0.25, 0.3) is 0 Å². The van der Waals surface area contributed by atoms with Gasteiger partial charge in [-0.15, -0.1) is 0 Å². The minimum absolute atomic E-state index is 0.0226. The molecule has 1 fully saturated rings. The second kappa shape index (κ2) is 6.24. The van der Waals surface area contributed by atoms with E-state index in [1.54, 1.807) is 12.1 Å². The Bertz CT molecular complexity index is 469. The molecule has 0 unspecified atom stereocenters. The molecular weight excluding hydrogens is 264 g/mol. The van der Waals surface area contributed by atoms with Crippen molar-refractivity contribution in [3.8, 4) is 0 Å². The van der Waals surface area contributed by atoms with E-state index in [1.807, 2.05) is 6.92 Å². The van der Waals surface area contributed by atoms with Crippen LogP contribution in [0.3, 0.4) is 0 Å². The van der Waals surface area contributed by atoms with Gasteiger partial charge in [-0.25, -0.2) is 0 Å². The molecule has 1 aliphatic rings. The van der Waals surface area contributed by atoms with Crippen molar-refractivity contribution in [1.29, 1.82) is 0 Å². The van der Waals surface area contributed by atoms with Crippen molar-refractivity contribution in [2.75, 3.05) is 5.32 Å². The predicted molar refractivity (Wildman–Crippen MR) is 78.0 cm³/mol. The number of aryl methyl sites for hydroxylation is 1. The molecule has 0 heterocycles. The summed E-state index contributed by atoms with van der Waals surface area (Å²) in [7, 11) is 0. The molecule has 0 atom stereocenters. The fourth-order valence-corrected chi connectivity index (χ4v) is 2.84. The van der Waals surface area contributed by atoms with Crippen molar-refractivity contribution in [2.45, 2.75) is 51.5 Å². The lowest BCUT2D eigenvalue weighted by Gasteiger charge is -2.19. The maximum atomic E-state index is 10.8. The Morgan fingerprint density at radius 1 is 1.26 bits per heavy atom. The van der Waals surface area contributed by atoms with Crippen molar-refractivity contribution in [3.05, 3.63) is 32.8 Å². The summed E-state index contributed by atoms with van der Waals surface area (Å²) in [5, 5.41) is 14.5. The highest BCUT2D eigenvalue weighted by molar-refractivity contribution is 6.33. The van der Waals surface area contributed by atoms with E-state index in [0.29, 0.717) is 6.04 Å². The third kappa shape index (κ3) is 3.60. The van der Waals surface area contributed by atoms with Crippen LogP contribution < -0.4 is 5.32 Å². The molecule has 5 heteroatoms. The van der Waals surface area contributed by atoms with Crippen LogP contribution in [0.15, 0.2) is 12.1 Å². The number of halogens is 1. The summed E-state index contributed by atoms with van der Waals surface area (Å²) < 4.78 is 0. The second-order valence-electron chi connectivity index (χ2n) is 5.21. The highest BCUT2D eigenvalue weighted by atomic mass is 35.5. The molecule has 19 heavy (non-hydrogen) atoms. The van der Waals surface area contributed by atoms with Gasteiger partial charge in [0.15, 0.2) is 0 Å². The Labute approximate surface area is 118 Å². The first-order valence-electron chi connectivity index (χ1n) is 6.79. The summed E-state index contributed by atoms with van der Waals surface area (Å²) in [5.41, 5.74) is 1.77. The van der Waals surface area contributed by atoms with Gasteiger partial charge in [0.2, 0.25) is 0 Å². The van der Waals surface area contributed by atoms with Gasteiger partial charge in [-0.1, -0.05) is 37.3 Å². The van der Waals surface area contributed by atoms with E-state index in [-0.39, 0.29) is 10.7 Å². The van der Waals surface area contributed by atoms with Crippen LogP contribution in [-0.4, -0.2) is 11.0 Å². The molecule has 0 spiro atoms. The maximum absolute atomic E-state index is 10.8. The number of nitro groups is 1. The number of hydrogen-bond donors (Lipinski definition) is 1. The summed E-state index contributed by atoms with van der Waals surface area (Å²) in [6, 6.07) is 3.68. The first-order chi connectivity index (χ1) is 9.08. The Hall–Kier alpha value is -1.29. The summed E-state index contributed by atoms with van der Waals surface area (Å²) in [6.45, 7) is 1.88. The van der Waals surface area contributed by atoms with Crippen molar-refractivity contribution < 1.29 is 4.92 Å². The molecule has 1 saturated carbocycles. The molecule has 4 nitrogen and oxygen atoms in total. The molecule has 2 rings (SSSR count). The van der Waals surface area contributed by atoms with E-state index in [1.165, 1.54) is 25.7 Å². The molecule has 1 aromatic carbocycles. The molecule has 1 aliphatic carbocycles. The molecule has 0 radical (unpaired) electrons. The predicted octanol–water partition coefficient (Wildman–Crippen LogP) is 4.69. The topological polar surface area (TPSA) is 55.2 Å². The zero-order chi connectivity index (χ0) is 13.8. The lowest BCUT2D eigenvalue weighted by molar-refractivity contribution is -0.384. The average molecular weight is 283 g/mol. The zero-order valence-corrected chi connectivity index (χ0v) is 11.9. The normalized spacial score (nSPS) is 16.9. The number of anilines is 1. The number of nitrogens with zero attached hydrogens (tertiary/aromatic N) is 1. The average Bonchev–Trinajstić information content (AvgIpc) is 2.61. The van der Waals surface area contributed by atoms with E-state index in [4.69, 9.17) is 11.6 Å². The zero-order valence-electron chi connectivity index (χ0n) is 11.1. The van der Waals surface area contributed by atoms with Gasteiger partial charge >= 0.3 is 0 Å². The summed E-state index contributed by atoms with van der Waals surface area (Å²) in [6.07, 6.45) is 7.42. The molecule has 0 amide bonds. The molecule has 104 valence electrons. The summed E-state index contributed by atoms with van der Waals surface area (Å²) in [4.78, 5) is 10.4. The standard InChI is InChI=1S/C14H19ClN2O2/c1-10-8-14(17(18)19)12(15)9-13(10)16-11-6-4-2-3-5-7-11/h8-9,11,16H,2-7H2,1H3. The van der Waals surface area contributed by atoms with Gasteiger partial charge in [0.1, 0.15) is 5.02 Å². The summed E-state index contributed by atoms with van der Waals surface area (Å²) in [5.74, 6) is 0. The molecule has 1 aromatic rings. The lowest BCUT2D eigenvalue weighted by Crippen LogP contribution is -2.18. The van der Waals surface area contributed by atoms with Crippen molar-refractivity contribution >= 4 is 23.0 Å². The van der Waals surface area contributed by atoms with E-state index >= 15 is 0 Å². The monoisotopic (exact) mass is 282 g/mol. The van der Waals surface area contributed by atoms with Crippen molar-refractivity contribution in [3.63, 3.8) is 0 Å². The van der Waals surface area contributed by atoms with Gasteiger partial charge < -0.3 is 5.32 Å². The van der Waals surface area contributed by atoms with Crippen LogP contribution >= 0.6 is 11.6 Å². The van der Waals surface area contributed by atoms with Gasteiger partial charge in [-0.2, -0.15) is 0 Å². The molecule has 0 saturated heterocycles. The van der Waals surface area contributed by atoms with Crippen LogP contribution in [0.1, 0.15) is 44.1 Å². The number of hydrogen-bond acceptors (Lipinski definition) is 3. The van der Waals surface area contributed by atoms with Crippen molar-refractivity contribution in [2.24, 2.45) is 0 Å². The van der Waals surface area contributed by atoms with E-state index in [9.17, 15) is 10.1 Å². The Morgan fingerprint density at radius 2 is 1.89 bits per heavy atom. The first kappa shape index (κ1) is 14.1. The Balaban J connectivity index is 2.16. The fraction of sp³-hybridized carbons (Fsp3) is 0.571. The third-order valence-electron chi connectivity index (χ3n) is 3.71. The number of rotatable bonds is 3. The minimum Gasteiger partial charge on any atom is -0.382 e. The number of nitrogens with one attached hydrogen (secondary N) is 1. The van der Waals surface area contributed by atoms with Gasteiger partial charge in [-0.05, 0) is 31.4 Å². The van der Waals surface area contributed by atoms with E-state index in [0.717, 1.165) is 24.1 Å².